The van der Waals surface area contributed by atoms with E-state index < -0.39 is 0 Å². The van der Waals surface area contributed by atoms with Crippen LogP contribution in [0.25, 0.3) is 22.0 Å². The molecule has 2 N–H and O–H groups in total. The molecule has 0 radical (unpaired) electrons. The molecule has 2 aromatic heterocycles. The molecule has 0 bridgehead atoms. The molecule has 1 amide bonds. The highest BCUT2D eigenvalue weighted by atomic mass is 32.1. The minimum absolute atomic E-state index is 0.373. The van der Waals surface area contributed by atoms with Gasteiger partial charge in [-0.15, -0.1) is 11.3 Å². The summed E-state index contributed by atoms with van der Waals surface area (Å²) in [7, 11) is 0. The summed E-state index contributed by atoms with van der Waals surface area (Å²) >= 11 is 1.62. The Morgan fingerprint density at radius 3 is 2.75 bits per heavy atom. The minimum Gasteiger partial charge on any atom is -0.366 e. The van der Waals surface area contributed by atoms with Crippen molar-refractivity contribution in [1.82, 2.24) is 9.55 Å². The summed E-state index contributed by atoms with van der Waals surface area (Å²) in [4.78, 5) is 16.5. The number of rotatable bonds is 5. The maximum Gasteiger partial charge on any atom is 0.250 e. The van der Waals surface area contributed by atoms with Crippen LogP contribution in [0, 0.1) is 12.8 Å². The molecule has 24 heavy (non-hydrogen) atoms. The molecule has 4 rings (SSSR count). The highest BCUT2D eigenvalue weighted by Crippen LogP contribution is 2.36. The highest BCUT2D eigenvalue weighted by Gasteiger charge is 2.26. The Morgan fingerprint density at radius 2 is 2.08 bits per heavy atom. The van der Waals surface area contributed by atoms with Crippen LogP contribution in [0.1, 0.15) is 28.9 Å². The van der Waals surface area contributed by atoms with Crippen molar-refractivity contribution >= 4 is 17.2 Å². The number of carbonyl (C=O) groups is 1. The molecule has 3 aromatic rings. The number of aromatic nitrogens is 2. The lowest BCUT2D eigenvalue weighted by molar-refractivity contribution is 0.0999. The van der Waals surface area contributed by atoms with Gasteiger partial charge in [0.05, 0.1) is 17.0 Å². The van der Waals surface area contributed by atoms with Gasteiger partial charge in [0.2, 0.25) is 0 Å². The maximum atomic E-state index is 11.7. The number of thiazole rings is 1. The molecule has 5 heteroatoms. The monoisotopic (exact) mass is 337 g/mol. The van der Waals surface area contributed by atoms with Crippen molar-refractivity contribution in [3.8, 4) is 22.0 Å². The van der Waals surface area contributed by atoms with E-state index in [0.717, 1.165) is 34.2 Å². The van der Waals surface area contributed by atoms with Gasteiger partial charge in [-0.25, -0.2) is 4.98 Å². The molecule has 1 aromatic carbocycles. The molecule has 1 saturated carbocycles. The standard InChI is InChI=1S/C19H19N3OS/c1-12-15(18(20)23)9-17(22(12)10-13-7-8-13)16-11-24-19(21-16)14-5-3-2-4-6-14/h2-6,9,11,13H,7-8,10H2,1H3,(H2,20,23). The molecule has 0 atom stereocenters. The second-order valence-electron chi connectivity index (χ2n) is 6.35. The van der Waals surface area contributed by atoms with Gasteiger partial charge in [-0.3, -0.25) is 4.79 Å². The summed E-state index contributed by atoms with van der Waals surface area (Å²) in [5, 5.41) is 3.05. The molecule has 0 unspecified atom stereocenters. The zero-order valence-electron chi connectivity index (χ0n) is 13.5. The second kappa shape index (κ2) is 5.91. The van der Waals surface area contributed by atoms with Crippen LogP contribution in [-0.2, 0) is 6.54 Å². The third-order valence-electron chi connectivity index (χ3n) is 4.56. The molecule has 0 spiro atoms. The van der Waals surface area contributed by atoms with E-state index in [-0.39, 0.29) is 5.91 Å². The lowest BCUT2D eigenvalue weighted by Gasteiger charge is -2.09. The van der Waals surface area contributed by atoms with Crippen LogP contribution < -0.4 is 5.73 Å². The van der Waals surface area contributed by atoms with E-state index in [1.807, 2.05) is 31.2 Å². The van der Waals surface area contributed by atoms with Crippen LogP contribution in [0.2, 0.25) is 0 Å². The molecule has 4 nitrogen and oxygen atoms in total. The van der Waals surface area contributed by atoms with E-state index in [2.05, 4.69) is 22.1 Å². The van der Waals surface area contributed by atoms with Gasteiger partial charge in [-0.2, -0.15) is 0 Å². The minimum atomic E-state index is -0.373. The average Bonchev–Trinajstić information content (AvgIpc) is 3.16. The number of primary amides is 1. The Balaban J connectivity index is 1.77. The summed E-state index contributed by atoms with van der Waals surface area (Å²) in [6.07, 6.45) is 2.52. The van der Waals surface area contributed by atoms with Crippen molar-refractivity contribution in [2.24, 2.45) is 11.7 Å². The van der Waals surface area contributed by atoms with Crippen molar-refractivity contribution < 1.29 is 4.79 Å². The number of carbonyl (C=O) groups excluding carboxylic acids is 1. The SMILES string of the molecule is Cc1c(C(N)=O)cc(-c2csc(-c3ccccc3)n2)n1CC1CC1. The molecule has 2 heterocycles. The van der Waals surface area contributed by atoms with Crippen molar-refractivity contribution in [1.29, 1.82) is 0 Å². The van der Waals surface area contributed by atoms with Gasteiger partial charge < -0.3 is 10.3 Å². The van der Waals surface area contributed by atoms with Crippen LogP contribution in [0.5, 0.6) is 0 Å². The van der Waals surface area contributed by atoms with Crippen molar-refractivity contribution in [3.05, 3.63) is 53.0 Å². The first kappa shape index (κ1) is 15.1. The highest BCUT2D eigenvalue weighted by molar-refractivity contribution is 7.13. The van der Waals surface area contributed by atoms with Crippen LogP contribution in [0.3, 0.4) is 0 Å². The summed E-state index contributed by atoms with van der Waals surface area (Å²) < 4.78 is 2.21. The van der Waals surface area contributed by atoms with Gasteiger partial charge >= 0.3 is 0 Å². The van der Waals surface area contributed by atoms with E-state index >= 15 is 0 Å². The van der Waals surface area contributed by atoms with E-state index in [1.54, 1.807) is 11.3 Å². The van der Waals surface area contributed by atoms with Crippen LogP contribution in [-0.4, -0.2) is 15.5 Å². The Labute approximate surface area is 145 Å². The van der Waals surface area contributed by atoms with Gasteiger partial charge in [0.25, 0.3) is 5.91 Å². The zero-order chi connectivity index (χ0) is 16.7. The molecule has 0 aliphatic heterocycles. The fraction of sp³-hybridized carbons (Fsp3) is 0.263. The van der Waals surface area contributed by atoms with Gasteiger partial charge in [-0.1, -0.05) is 30.3 Å². The summed E-state index contributed by atoms with van der Waals surface area (Å²) in [5.74, 6) is 0.338. The van der Waals surface area contributed by atoms with Crippen LogP contribution >= 0.6 is 11.3 Å². The molecule has 122 valence electrons. The van der Waals surface area contributed by atoms with E-state index in [1.165, 1.54) is 12.8 Å². The number of hydrogen-bond acceptors (Lipinski definition) is 3. The summed E-state index contributed by atoms with van der Waals surface area (Å²) in [6.45, 7) is 2.91. The normalized spacial score (nSPS) is 14.0. The average molecular weight is 337 g/mol. The fourth-order valence-electron chi connectivity index (χ4n) is 3.01. The molecule has 1 aliphatic rings. The molecular formula is C19H19N3OS. The van der Waals surface area contributed by atoms with E-state index in [0.29, 0.717) is 11.5 Å². The van der Waals surface area contributed by atoms with E-state index in [9.17, 15) is 4.79 Å². The predicted octanol–water partition coefficient (Wildman–Crippen LogP) is 4.10. The summed E-state index contributed by atoms with van der Waals surface area (Å²) in [5.41, 5.74) is 10.1. The van der Waals surface area contributed by atoms with Gasteiger partial charge in [0, 0.05) is 23.2 Å². The molecule has 1 aliphatic carbocycles. The third kappa shape index (κ3) is 2.76. The van der Waals surface area contributed by atoms with Gasteiger partial charge in [0.15, 0.2) is 0 Å². The molecule has 0 saturated heterocycles. The van der Waals surface area contributed by atoms with Crippen LogP contribution in [0.15, 0.2) is 41.8 Å². The van der Waals surface area contributed by atoms with Crippen molar-refractivity contribution in [2.75, 3.05) is 0 Å². The first-order valence-corrected chi connectivity index (χ1v) is 9.02. The Morgan fingerprint density at radius 1 is 1.33 bits per heavy atom. The quantitative estimate of drug-likeness (QED) is 0.762. The van der Waals surface area contributed by atoms with Crippen molar-refractivity contribution in [2.45, 2.75) is 26.3 Å². The number of nitrogens with two attached hydrogens (primary N) is 1. The number of amides is 1. The molecule has 1 fully saturated rings. The summed E-state index contributed by atoms with van der Waals surface area (Å²) in [6, 6.07) is 12.0. The van der Waals surface area contributed by atoms with Gasteiger partial charge in [-0.05, 0) is 31.7 Å². The topological polar surface area (TPSA) is 60.9 Å². The maximum absolute atomic E-state index is 11.7. The number of hydrogen-bond donors (Lipinski definition) is 1. The Hall–Kier alpha value is -2.40. The predicted molar refractivity (Wildman–Crippen MR) is 97.0 cm³/mol. The first-order chi connectivity index (χ1) is 11.6. The number of nitrogens with zero attached hydrogens (tertiary/aromatic N) is 2. The Bertz CT molecular complexity index is 891. The third-order valence-corrected chi connectivity index (χ3v) is 5.45. The lowest BCUT2D eigenvalue weighted by atomic mass is 10.2. The molecular weight excluding hydrogens is 318 g/mol. The first-order valence-electron chi connectivity index (χ1n) is 8.14. The largest absolute Gasteiger partial charge is 0.366 e. The zero-order valence-corrected chi connectivity index (χ0v) is 14.3. The van der Waals surface area contributed by atoms with E-state index in [4.69, 9.17) is 10.7 Å². The number of benzene rings is 1. The smallest absolute Gasteiger partial charge is 0.250 e. The Kier molecular flexibility index (Phi) is 3.73. The van der Waals surface area contributed by atoms with Crippen LogP contribution in [0.4, 0.5) is 0 Å². The second-order valence-corrected chi connectivity index (χ2v) is 7.21. The fourth-order valence-corrected chi connectivity index (χ4v) is 3.83. The van der Waals surface area contributed by atoms with Gasteiger partial charge in [0.1, 0.15) is 5.01 Å². The lowest BCUT2D eigenvalue weighted by Crippen LogP contribution is -2.12. The van der Waals surface area contributed by atoms with Crippen molar-refractivity contribution in [3.63, 3.8) is 0 Å².